The third-order valence-corrected chi connectivity index (χ3v) is 14.5. The molecule has 4 amide bonds. The number of fused-ring (bicyclic) bond motifs is 6. The van der Waals surface area contributed by atoms with Crippen LogP contribution < -0.4 is 10.7 Å². The summed E-state index contributed by atoms with van der Waals surface area (Å²) in [5.41, 5.74) is 8.68. The van der Waals surface area contributed by atoms with E-state index < -0.39 is 35.3 Å². The molecule has 4 aromatic rings. The van der Waals surface area contributed by atoms with E-state index in [1.807, 2.05) is 31.5 Å². The molecule has 2 N–H and O–H groups in total. The van der Waals surface area contributed by atoms with Gasteiger partial charge in [-0.1, -0.05) is 39.7 Å². The number of cyclic esters (lactones) is 1. The minimum Gasteiger partial charge on any atom is -0.464 e. The Labute approximate surface area is 403 Å². The molecule has 68 heavy (non-hydrogen) atoms. The smallest absolute Gasteiger partial charge is 0.324 e. The Bertz CT molecular complexity index is 2560. The highest BCUT2D eigenvalue weighted by atomic mass is 32.1. The van der Waals surface area contributed by atoms with Crippen molar-refractivity contribution < 1.29 is 33.4 Å². The second-order valence-corrected chi connectivity index (χ2v) is 20.6. The Morgan fingerprint density at radius 1 is 1.07 bits per heavy atom. The van der Waals surface area contributed by atoms with E-state index in [9.17, 15) is 24.0 Å². The van der Waals surface area contributed by atoms with Crippen molar-refractivity contribution in [2.24, 2.45) is 23.2 Å². The number of aromatic nitrogens is 3. The van der Waals surface area contributed by atoms with E-state index in [1.54, 1.807) is 23.0 Å². The molecule has 7 heterocycles. The van der Waals surface area contributed by atoms with E-state index in [4.69, 9.17) is 14.5 Å². The number of carbonyl (C=O) groups is 5. The minimum absolute atomic E-state index is 0.114. The monoisotopic (exact) mass is 947 g/mol. The summed E-state index contributed by atoms with van der Waals surface area (Å²) in [7, 11) is 1.69. The van der Waals surface area contributed by atoms with Crippen LogP contribution in [0.3, 0.4) is 0 Å². The van der Waals surface area contributed by atoms with Crippen molar-refractivity contribution >= 4 is 51.8 Å². The normalized spacial score (nSPS) is 21.7. The van der Waals surface area contributed by atoms with E-state index in [-0.39, 0.29) is 55.7 Å². The third kappa shape index (κ3) is 11.1. The van der Waals surface area contributed by atoms with Crippen LogP contribution in [0.5, 0.6) is 0 Å². The van der Waals surface area contributed by atoms with Crippen LogP contribution in [0, 0.1) is 35.0 Å². The van der Waals surface area contributed by atoms with E-state index in [2.05, 4.69) is 82.1 Å². The van der Waals surface area contributed by atoms with Crippen LogP contribution in [-0.2, 0) is 52.8 Å². The maximum atomic E-state index is 14.6. The number of thiazole rings is 1. The van der Waals surface area contributed by atoms with Crippen LogP contribution in [0.4, 0.5) is 0 Å². The summed E-state index contributed by atoms with van der Waals surface area (Å²) in [6.07, 6.45) is 5.95. The molecule has 0 saturated carbocycles. The Morgan fingerprint density at radius 2 is 1.88 bits per heavy atom. The molecule has 4 aliphatic heterocycles. The van der Waals surface area contributed by atoms with Crippen molar-refractivity contribution in [3.63, 3.8) is 0 Å². The zero-order valence-electron chi connectivity index (χ0n) is 40.2. The zero-order valence-corrected chi connectivity index (χ0v) is 41.0. The lowest BCUT2D eigenvalue weighted by molar-refractivity contribution is -0.155. The standard InChI is InChI=1S/C51H65N9O7S/c1-7-59-43-15-14-34-25-37(43)38(46(59)35-11-8-17-52-28-35)27-51(4,5)32-67-50(65)40-12-9-19-60(55-40)49(64)41(26-44-53-42(34)31-68-44)54-47(62)39(33(2)3)30-56(6)48(63)36-16-20-58(29-36)45(61)13-10-18-57-21-23-66-24-22-57/h8,11,14-15,17,25,28,31,33,36,39-41,55H,7,9,12,16,18-24,26-27,29-30,32H2,1-6H3,(H,54,62)/t36-,39?,40-,41-/m0/s1. The first-order valence-electron chi connectivity index (χ1n) is 24.1. The molecule has 1 aromatic carbocycles. The van der Waals surface area contributed by atoms with Gasteiger partial charge in [0.25, 0.3) is 11.8 Å². The highest BCUT2D eigenvalue weighted by molar-refractivity contribution is 7.10. The lowest BCUT2D eigenvalue weighted by atomic mass is 9.84. The summed E-state index contributed by atoms with van der Waals surface area (Å²) < 4.78 is 13.8. The van der Waals surface area contributed by atoms with Crippen LogP contribution in [0.25, 0.3) is 33.4 Å². The molecule has 362 valence electrons. The number of aryl methyl sites for hydroxylation is 1. The number of hydrogen-bond donors (Lipinski definition) is 2. The van der Waals surface area contributed by atoms with Gasteiger partial charge in [-0.25, -0.2) is 10.4 Å². The second-order valence-electron chi connectivity index (χ2n) is 19.7. The highest BCUT2D eigenvalue weighted by Crippen LogP contribution is 2.40. The fourth-order valence-corrected chi connectivity index (χ4v) is 10.7. The van der Waals surface area contributed by atoms with Gasteiger partial charge in [0.2, 0.25) is 11.8 Å². The van der Waals surface area contributed by atoms with Crippen molar-refractivity contribution in [1.82, 2.24) is 45.0 Å². The number of rotatable bonds is 9. The summed E-state index contributed by atoms with van der Waals surface area (Å²) in [5.74, 6) is 2.84. The number of nitrogens with one attached hydrogen (secondary N) is 2. The fourth-order valence-electron chi connectivity index (χ4n) is 9.82. The summed E-state index contributed by atoms with van der Waals surface area (Å²) in [4.78, 5) is 84.6. The summed E-state index contributed by atoms with van der Waals surface area (Å²) in [6.45, 7) is 15.6. The first-order chi connectivity index (χ1) is 32.7. The maximum Gasteiger partial charge on any atom is 0.324 e. The van der Waals surface area contributed by atoms with E-state index in [1.165, 1.54) is 16.3 Å². The number of esters is 1. The molecule has 16 nitrogen and oxygen atoms in total. The number of ether oxygens (including phenoxy) is 2. The van der Waals surface area contributed by atoms with Crippen LogP contribution in [0.15, 0.2) is 48.1 Å². The first kappa shape index (κ1) is 48.8. The Hall–Kier alpha value is -5.67. The molecule has 4 atom stereocenters. The second kappa shape index (κ2) is 21.3. The van der Waals surface area contributed by atoms with Gasteiger partial charge in [0.15, 0.2) is 0 Å². The Kier molecular flexibility index (Phi) is 15.3. The van der Waals surface area contributed by atoms with Gasteiger partial charge >= 0.3 is 5.97 Å². The van der Waals surface area contributed by atoms with Gasteiger partial charge in [0.1, 0.15) is 12.1 Å². The number of amides is 4. The lowest BCUT2D eigenvalue weighted by Crippen LogP contribution is -2.61. The number of nitrogens with zero attached hydrogens (tertiary/aromatic N) is 7. The summed E-state index contributed by atoms with van der Waals surface area (Å²) in [5, 5.41) is 8.25. The third-order valence-electron chi connectivity index (χ3n) is 13.7. The summed E-state index contributed by atoms with van der Waals surface area (Å²) >= 11 is 1.43. The van der Waals surface area contributed by atoms with Crippen molar-refractivity contribution in [1.29, 1.82) is 0 Å². The Balaban J connectivity index is 1.03. The van der Waals surface area contributed by atoms with E-state index >= 15 is 0 Å². The van der Waals surface area contributed by atoms with Gasteiger partial charge in [0, 0.05) is 105 Å². The molecule has 6 bridgehead atoms. The molecule has 1 unspecified atom stereocenters. The quantitative estimate of drug-likeness (QED) is 0.180. The molecule has 8 rings (SSSR count). The molecule has 3 saturated heterocycles. The summed E-state index contributed by atoms with van der Waals surface area (Å²) in [6, 6.07) is 8.62. The number of likely N-dealkylation sites (tertiary alicyclic amines) is 1. The molecular weight excluding hydrogens is 883 g/mol. The van der Waals surface area contributed by atoms with Crippen molar-refractivity contribution in [2.45, 2.75) is 85.4 Å². The SMILES string of the molecule is CCn1c(-c2cccnc2)c2c3cc(ccc31)-c1csc(n1)C[C@H](NC(=O)C(CN(C)C(=O)[C@H]1CCN(C(=O)C#CCN3CCOCC3)C1)C(C)C)C(=O)N1CCC[C@H](N1)C(=O)OCC(C)(C)C2. The molecule has 3 aromatic heterocycles. The fraction of sp³-hybridized carbons (Fsp3) is 0.549. The number of benzene rings is 1. The highest BCUT2D eigenvalue weighted by Gasteiger charge is 2.38. The van der Waals surface area contributed by atoms with Gasteiger partial charge in [-0.15, -0.1) is 11.3 Å². The van der Waals surface area contributed by atoms with E-state index in [0.717, 1.165) is 58.6 Å². The van der Waals surface area contributed by atoms with Crippen LogP contribution in [0.2, 0.25) is 0 Å². The number of hydrogen-bond acceptors (Lipinski definition) is 12. The van der Waals surface area contributed by atoms with Gasteiger partial charge in [-0.2, -0.15) is 0 Å². The number of carbonyl (C=O) groups excluding carboxylic acids is 5. The average Bonchev–Trinajstić information content (AvgIpc) is 4.10. The predicted octanol–water partition coefficient (Wildman–Crippen LogP) is 4.41. The molecule has 17 heteroatoms. The minimum atomic E-state index is -1.03. The zero-order chi connectivity index (χ0) is 48.1. The molecule has 0 aliphatic carbocycles. The topological polar surface area (TPSA) is 172 Å². The number of pyridine rings is 1. The van der Waals surface area contributed by atoms with Gasteiger partial charge in [0.05, 0.1) is 54.6 Å². The van der Waals surface area contributed by atoms with Crippen molar-refractivity contribution in [3.05, 3.63) is 58.7 Å². The van der Waals surface area contributed by atoms with Crippen molar-refractivity contribution in [2.75, 3.05) is 72.7 Å². The Morgan fingerprint density at radius 3 is 2.63 bits per heavy atom. The molecule has 3 fully saturated rings. The maximum absolute atomic E-state index is 14.6. The van der Waals surface area contributed by atoms with E-state index in [0.29, 0.717) is 63.5 Å². The van der Waals surface area contributed by atoms with Gasteiger partial charge in [-0.05, 0) is 74.3 Å². The van der Waals surface area contributed by atoms with Crippen molar-refractivity contribution in [3.8, 4) is 34.4 Å². The predicted molar refractivity (Wildman–Crippen MR) is 260 cm³/mol. The molecule has 0 spiro atoms. The largest absolute Gasteiger partial charge is 0.464 e. The van der Waals surface area contributed by atoms with Gasteiger partial charge < -0.3 is 29.2 Å². The average molecular weight is 948 g/mol. The van der Waals surface area contributed by atoms with Crippen LogP contribution in [0.1, 0.15) is 64.5 Å². The first-order valence-corrected chi connectivity index (χ1v) is 24.9. The number of hydrazine groups is 1. The number of morpholine rings is 1. The van der Waals surface area contributed by atoms with Crippen LogP contribution >= 0.6 is 11.3 Å². The molecule has 4 aliphatic rings. The van der Waals surface area contributed by atoms with Gasteiger partial charge in [-0.3, -0.25) is 38.9 Å². The van der Waals surface area contributed by atoms with Crippen LogP contribution in [-0.4, -0.2) is 149 Å². The molecule has 0 radical (unpaired) electrons. The lowest BCUT2D eigenvalue weighted by Gasteiger charge is -2.36. The molecular formula is C51H65N9O7S.